The molecule has 2 aromatic heterocycles. The number of halogens is 1. The van der Waals surface area contributed by atoms with E-state index in [1.54, 1.807) is 9.25 Å². The number of hydrogen-bond acceptors (Lipinski definition) is 5. The van der Waals surface area contributed by atoms with Gasteiger partial charge in [0.05, 0.1) is 11.4 Å². The van der Waals surface area contributed by atoms with Crippen molar-refractivity contribution in [3.05, 3.63) is 50.9 Å². The largest absolute Gasteiger partial charge is 0.355 e. The van der Waals surface area contributed by atoms with E-state index in [1.165, 1.54) is 11.8 Å². The minimum Gasteiger partial charge on any atom is -0.355 e. The third kappa shape index (κ3) is 4.82. The fourth-order valence-electron chi connectivity index (χ4n) is 3.08. The number of fused-ring (bicyclic) bond motifs is 1. The van der Waals surface area contributed by atoms with Gasteiger partial charge in [-0.15, -0.1) is 0 Å². The molecule has 1 amide bonds. The second kappa shape index (κ2) is 9.45. The maximum atomic E-state index is 12.9. The van der Waals surface area contributed by atoms with E-state index in [-0.39, 0.29) is 17.2 Å². The molecule has 0 saturated heterocycles. The lowest BCUT2D eigenvalue weighted by Crippen LogP contribution is -2.28. The molecule has 0 aliphatic heterocycles. The Morgan fingerprint density at radius 3 is 2.59 bits per heavy atom. The summed E-state index contributed by atoms with van der Waals surface area (Å²) in [6, 6.07) is 7.56. The normalized spacial score (nSPS) is 11.2. The third-order valence-electron chi connectivity index (χ3n) is 4.58. The Bertz CT molecular complexity index is 1080. The summed E-state index contributed by atoms with van der Waals surface area (Å²) >= 11 is 7.15. The van der Waals surface area contributed by atoms with Crippen molar-refractivity contribution in [3.8, 4) is 0 Å². The quantitative estimate of drug-likeness (QED) is 0.436. The van der Waals surface area contributed by atoms with Crippen molar-refractivity contribution in [3.63, 3.8) is 0 Å². The SMILES string of the molecule is CCn1c(SCC(=O)NCCc2ccc(Cl)cc2)nc2c(C)nn(CC)c2c1=O. The highest BCUT2D eigenvalue weighted by atomic mass is 35.5. The van der Waals surface area contributed by atoms with Gasteiger partial charge in [0.2, 0.25) is 5.91 Å². The third-order valence-corrected chi connectivity index (χ3v) is 5.81. The van der Waals surface area contributed by atoms with Crippen molar-refractivity contribution in [1.82, 2.24) is 24.6 Å². The molecular formula is C20H24ClN5O2S. The summed E-state index contributed by atoms with van der Waals surface area (Å²) in [6.45, 7) is 7.30. The van der Waals surface area contributed by atoms with E-state index in [4.69, 9.17) is 11.6 Å². The Labute approximate surface area is 178 Å². The molecule has 0 aliphatic rings. The summed E-state index contributed by atoms with van der Waals surface area (Å²) < 4.78 is 3.28. The van der Waals surface area contributed by atoms with Crippen LogP contribution in [-0.2, 0) is 24.3 Å². The number of rotatable bonds is 8. The summed E-state index contributed by atoms with van der Waals surface area (Å²) in [5, 5.41) is 8.54. The second-order valence-electron chi connectivity index (χ2n) is 6.56. The molecule has 3 aromatic rings. The predicted molar refractivity (Wildman–Crippen MR) is 117 cm³/mol. The summed E-state index contributed by atoms with van der Waals surface area (Å²) in [6.07, 6.45) is 0.729. The van der Waals surface area contributed by atoms with Crippen molar-refractivity contribution in [1.29, 1.82) is 0 Å². The Kier molecular flexibility index (Phi) is 6.97. The van der Waals surface area contributed by atoms with Gasteiger partial charge in [0.1, 0.15) is 5.52 Å². The number of amides is 1. The minimum atomic E-state index is -0.120. The van der Waals surface area contributed by atoms with Crippen LogP contribution in [0.4, 0.5) is 0 Å². The molecule has 9 heteroatoms. The van der Waals surface area contributed by atoms with E-state index in [0.29, 0.717) is 40.8 Å². The number of aromatic nitrogens is 4. The number of nitrogens with zero attached hydrogens (tertiary/aromatic N) is 4. The molecule has 0 unspecified atom stereocenters. The Hall–Kier alpha value is -2.32. The summed E-state index contributed by atoms with van der Waals surface area (Å²) in [5.74, 6) is 0.0985. The number of hydrogen-bond donors (Lipinski definition) is 1. The first kappa shape index (κ1) is 21.4. The fourth-order valence-corrected chi connectivity index (χ4v) is 4.10. The highest BCUT2D eigenvalue weighted by molar-refractivity contribution is 7.99. The molecule has 0 atom stereocenters. The summed E-state index contributed by atoms with van der Waals surface area (Å²) in [5.41, 5.74) is 2.83. The van der Waals surface area contributed by atoms with Crippen LogP contribution in [-0.4, -0.2) is 37.5 Å². The van der Waals surface area contributed by atoms with Gasteiger partial charge in [-0.25, -0.2) is 4.98 Å². The van der Waals surface area contributed by atoms with E-state index < -0.39 is 0 Å². The zero-order valence-corrected chi connectivity index (χ0v) is 18.3. The van der Waals surface area contributed by atoms with E-state index >= 15 is 0 Å². The molecule has 0 spiro atoms. The standard InChI is InChI=1S/C20H24ClN5O2S/c1-4-25-19(28)18-17(13(3)24-26(18)5-2)23-20(25)29-12-16(27)22-11-10-14-6-8-15(21)9-7-14/h6-9H,4-5,10-12H2,1-3H3,(H,22,27). The van der Waals surface area contributed by atoms with Gasteiger partial charge in [-0.1, -0.05) is 35.5 Å². The number of benzene rings is 1. The summed E-state index contributed by atoms with van der Waals surface area (Å²) in [7, 11) is 0. The first-order chi connectivity index (χ1) is 13.9. The molecule has 1 N–H and O–H groups in total. The lowest BCUT2D eigenvalue weighted by Gasteiger charge is -2.11. The van der Waals surface area contributed by atoms with Crippen molar-refractivity contribution >= 4 is 40.3 Å². The van der Waals surface area contributed by atoms with Gasteiger partial charge in [-0.2, -0.15) is 5.10 Å². The molecule has 0 aliphatic carbocycles. The first-order valence-corrected chi connectivity index (χ1v) is 10.9. The number of nitrogens with one attached hydrogen (secondary N) is 1. The van der Waals surface area contributed by atoms with E-state index in [9.17, 15) is 9.59 Å². The fraction of sp³-hybridized carbons (Fsp3) is 0.400. The topological polar surface area (TPSA) is 81.8 Å². The number of carbonyl (C=O) groups is 1. The van der Waals surface area contributed by atoms with Gasteiger partial charge in [0.25, 0.3) is 5.56 Å². The average Bonchev–Trinajstić information content (AvgIpc) is 3.04. The minimum absolute atomic E-state index is 0.0954. The van der Waals surface area contributed by atoms with Crippen molar-refractivity contribution < 1.29 is 4.79 Å². The summed E-state index contributed by atoms with van der Waals surface area (Å²) in [4.78, 5) is 29.8. The number of aryl methyl sites for hydroxylation is 2. The van der Waals surface area contributed by atoms with Crippen molar-refractivity contribution in [2.24, 2.45) is 0 Å². The number of thioether (sulfide) groups is 1. The van der Waals surface area contributed by atoms with Crippen LogP contribution < -0.4 is 10.9 Å². The van der Waals surface area contributed by atoms with Gasteiger partial charge in [-0.05, 0) is 44.9 Å². The first-order valence-electron chi connectivity index (χ1n) is 9.56. The van der Waals surface area contributed by atoms with Crippen LogP contribution in [0.2, 0.25) is 5.02 Å². The van der Waals surface area contributed by atoms with Gasteiger partial charge >= 0.3 is 0 Å². The predicted octanol–water partition coefficient (Wildman–Crippen LogP) is 3.05. The monoisotopic (exact) mass is 433 g/mol. The highest BCUT2D eigenvalue weighted by Gasteiger charge is 2.18. The smallest absolute Gasteiger partial charge is 0.280 e. The zero-order valence-electron chi connectivity index (χ0n) is 16.7. The number of carbonyl (C=O) groups excluding carboxylic acids is 1. The highest BCUT2D eigenvalue weighted by Crippen LogP contribution is 2.19. The van der Waals surface area contributed by atoms with Crippen LogP contribution in [0, 0.1) is 6.92 Å². The van der Waals surface area contributed by atoms with Crippen LogP contribution in [0.25, 0.3) is 11.0 Å². The molecule has 7 nitrogen and oxygen atoms in total. The molecule has 0 fully saturated rings. The van der Waals surface area contributed by atoms with Gasteiger partial charge in [-0.3, -0.25) is 18.8 Å². The van der Waals surface area contributed by atoms with Gasteiger partial charge in [0, 0.05) is 24.7 Å². The molecule has 0 radical (unpaired) electrons. The van der Waals surface area contributed by atoms with Crippen LogP contribution in [0.5, 0.6) is 0 Å². The van der Waals surface area contributed by atoms with Crippen LogP contribution in [0.15, 0.2) is 34.2 Å². The Morgan fingerprint density at radius 1 is 1.21 bits per heavy atom. The van der Waals surface area contributed by atoms with Crippen molar-refractivity contribution in [2.45, 2.75) is 45.4 Å². The molecule has 3 rings (SSSR count). The maximum Gasteiger partial charge on any atom is 0.280 e. The van der Waals surface area contributed by atoms with Crippen molar-refractivity contribution in [2.75, 3.05) is 12.3 Å². The van der Waals surface area contributed by atoms with E-state index in [0.717, 1.165) is 17.7 Å². The van der Waals surface area contributed by atoms with Gasteiger partial charge < -0.3 is 5.32 Å². The van der Waals surface area contributed by atoms with E-state index in [1.807, 2.05) is 45.0 Å². The maximum absolute atomic E-state index is 12.9. The zero-order chi connectivity index (χ0) is 21.0. The lowest BCUT2D eigenvalue weighted by atomic mass is 10.1. The average molecular weight is 434 g/mol. The second-order valence-corrected chi connectivity index (χ2v) is 7.94. The van der Waals surface area contributed by atoms with Crippen LogP contribution in [0.1, 0.15) is 25.1 Å². The molecule has 0 bridgehead atoms. The van der Waals surface area contributed by atoms with Gasteiger partial charge in [0.15, 0.2) is 10.7 Å². The molecule has 0 saturated carbocycles. The molecule has 2 heterocycles. The Morgan fingerprint density at radius 2 is 1.93 bits per heavy atom. The molecular weight excluding hydrogens is 410 g/mol. The van der Waals surface area contributed by atoms with E-state index in [2.05, 4.69) is 15.4 Å². The Balaban J connectivity index is 1.66. The van der Waals surface area contributed by atoms with Crippen LogP contribution in [0.3, 0.4) is 0 Å². The molecule has 1 aromatic carbocycles. The lowest BCUT2D eigenvalue weighted by molar-refractivity contribution is -0.118. The molecule has 29 heavy (non-hydrogen) atoms. The molecule has 154 valence electrons. The van der Waals surface area contributed by atoms with Crippen LogP contribution >= 0.6 is 23.4 Å².